The molecule has 0 aliphatic heterocycles. The molecule has 1 rings (SSSR count). The summed E-state index contributed by atoms with van der Waals surface area (Å²) in [4.78, 5) is 10.6. The summed E-state index contributed by atoms with van der Waals surface area (Å²) in [5.74, 6) is -3.55. The van der Waals surface area contributed by atoms with Crippen molar-refractivity contribution >= 4 is 5.78 Å². The molecule has 0 amide bonds. The predicted octanol–water partition coefficient (Wildman–Crippen LogP) is 3.07. The molecule has 0 atom stereocenters. The number of rotatable bonds is 3. The Morgan fingerprint density at radius 3 is 2.21 bits per heavy atom. The van der Waals surface area contributed by atoms with Crippen molar-refractivity contribution in [2.75, 3.05) is 0 Å². The van der Waals surface area contributed by atoms with Crippen LogP contribution in [0.25, 0.3) is 0 Å². The van der Waals surface area contributed by atoms with E-state index in [1.54, 1.807) is 12.1 Å². The fraction of sp³-hybridized carbons (Fsp3) is 0.364. The molecule has 0 saturated carbocycles. The number of ketones is 1. The minimum atomic E-state index is -3.04. The third kappa shape index (κ3) is 2.62. The molecule has 0 radical (unpaired) electrons. The van der Waals surface area contributed by atoms with Gasteiger partial charge in [0.05, 0.1) is 6.42 Å². The van der Waals surface area contributed by atoms with Crippen LogP contribution < -0.4 is 0 Å². The van der Waals surface area contributed by atoms with Crippen LogP contribution >= 0.6 is 0 Å². The van der Waals surface area contributed by atoms with Crippen molar-refractivity contribution in [2.45, 2.75) is 26.2 Å². The molecule has 0 fully saturated rings. The van der Waals surface area contributed by atoms with Crippen LogP contribution in [0.5, 0.6) is 0 Å². The molecule has 0 bridgehead atoms. The van der Waals surface area contributed by atoms with Crippen LogP contribution in [0.4, 0.5) is 8.78 Å². The second-order valence-electron chi connectivity index (χ2n) is 3.45. The molecule has 1 aromatic carbocycles. The molecule has 3 heteroatoms. The average molecular weight is 198 g/mol. The van der Waals surface area contributed by atoms with Gasteiger partial charge in [-0.1, -0.05) is 29.8 Å². The quantitative estimate of drug-likeness (QED) is 0.729. The van der Waals surface area contributed by atoms with Crippen molar-refractivity contribution in [1.29, 1.82) is 0 Å². The number of carbonyl (C=O) groups is 1. The summed E-state index contributed by atoms with van der Waals surface area (Å²) in [6.07, 6.45) is -0.726. The van der Waals surface area contributed by atoms with Crippen molar-refractivity contribution in [2.24, 2.45) is 0 Å². The van der Waals surface area contributed by atoms with Crippen molar-refractivity contribution in [3.8, 4) is 0 Å². The normalized spacial score (nSPS) is 11.4. The van der Waals surface area contributed by atoms with Gasteiger partial charge >= 0.3 is 0 Å². The minimum absolute atomic E-state index is 0.0988. The lowest BCUT2D eigenvalue weighted by molar-refractivity contribution is -0.124. The van der Waals surface area contributed by atoms with Gasteiger partial charge in [0, 0.05) is 5.56 Å². The van der Waals surface area contributed by atoms with Gasteiger partial charge in [-0.3, -0.25) is 4.79 Å². The van der Waals surface area contributed by atoms with Gasteiger partial charge in [0.1, 0.15) is 5.78 Å². The number of carbonyl (C=O) groups excluding carboxylic acids is 1. The molecule has 76 valence electrons. The molecule has 0 saturated heterocycles. The van der Waals surface area contributed by atoms with Gasteiger partial charge in [-0.05, 0) is 13.8 Å². The zero-order valence-electron chi connectivity index (χ0n) is 8.18. The van der Waals surface area contributed by atoms with E-state index >= 15 is 0 Å². The van der Waals surface area contributed by atoms with Gasteiger partial charge in [0.2, 0.25) is 0 Å². The van der Waals surface area contributed by atoms with Crippen molar-refractivity contribution in [1.82, 2.24) is 0 Å². The lowest BCUT2D eigenvalue weighted by Crippen LogP contribution is -2.17. The number of hydrogen-bond donors (Lipinski definition) is 0. The lowest BCUT2D eigenvalue weighted by atomic mass is 10.0. The highest BCUT2D eigenvalue weighted by molar-refractivity contribution is 5.76. The SMILES string of the molecule is CC(=O)CC(F)(F)c1ccc(C)cc1. The molecule has 0 aliphatic rings. The third-order valence-electron chi connectivity index (χ3n) is 1.94. The molecule has 0 N–H and O–H groups in total. The summed E-state index contributed by atoms with van der Waals surface area (Å²) in [5.41, 5.74) is 0.825. The molecular formula is C11H12F2O. The van der Waals surface area contributed by atoms with Crippen LogP contribution in [-0.2, 0) is 10.7 Å². The number of hydrogen-bond acceptors (Lipinski definition) is 1. The van der Waals surface area contributed by atoms with E-state index in [0.717, 1.165) is 5.56 Å². The van der Waals surface area contributed by atoms with Crippen LogP contribution in [0.2, 0.25) is 0 Å². The zero-order chi connectivity index (χ0) is 10.8. The standard InChI is InChI=1S/C11H12F2O/c1-8-3-5-10(6-4-8)11(12,13)7-9(2)14/h3-6H,7H2,1-2H3. The molecule has 0 heterocycles. The first-order valence-corrected chi connectivity index (χ1v) is 4.36. The Hall–Kier alpha value is -1.25. The number of benzene rings is 1. The second kappa shape index (κ2) is 3.86. The minimum Gasteiger partial charge on any atom is -0.300 e. The van der Waals surface area contributed by atoms with E-state index in [0.29, 0.717) is 0 Å². The number of alkyl halides is 2. The van der Waals surface area contributed by atoms with Crippen LogP contribution in [0.1, 0.15) is 24.5 Å². The van der Waals surface area contributed by atoms with Crippen LogP contribution in [0, 0.1) is 6.92 Å². The summed E-state index contributed by atoms with van der Waals surface area (Å²) < 4.78 is 26.6. The van der Waals surface area contributed by atoms with E-state index in [1.807, 2.05) is 6.92 Å². The molecule has 1 nitrogen and oxygen atoms in total. The molecule has 0 aliphatic carbocycles. The lowest BCUT2D eigenvalue weighted by Gasteiger charge is -2.14. The fourth-order valence-electron chi connectivity index (χ4n) is 1.21. The molecule has 14 heavy (non-hydrogen) atoms. The first-order chi connectivity index (χ1) is 6.42. The van der Waals surface area contributed by atoms with Crippen LogP contribution in [-0.4, -0.2) is 5.78 Å². The molecular weight excluding hydrogens is 186 g/mol. The zero-order valence-corrected chi connectivity index (χ0v) is 8.18. The smallest absolute Gasteiger partial charge is 0.280 e. The van der Waals surface area contributed by atoms with E-state index in [4.69, 9.17) is 0 Å². The van der Waals surface area contributed by atoms with E-state index in [-0.39, 0.29) is 5.56 Å². The highest BCUT2D eigenvalue weighted by Crippen LogP contribution is 2.31. The Bertz CT molecular complexity index is 328. The topological polar surface area (TPSA) is 17.1 Å². The summed E-state index contributed by atoms with van der Waals surface area (Å²) >= 11 is 0. The number of aryl methyl sites for hydroxylation is 1. The summed E-state index contributed by atoms with van der Waals surface area (Å²) in [6.45, 7) is 3.00. The maximum Gasteiger partial charge on any atom is 0.280 e. The Labute approximate surface area is 81.7 Å². The molecule has 0 spiro atoms. The second-order valence-corrected chi connectivity index (χ2v) is 3.45. The van der Waals surface area contributed by atoms with Gasteiger partial charge in [-0.25, -0.2) is 8.78 Å². The highest BCUT2D eigenvalue weighted by atomic mass is 19.3. The van der Waals surface area contributed by atoms with E-state index in [2.05, 4.69) is 0 Å². The summed E-state index contributed by atoms with van der Waals surface area (Å²) in [6, 6.07) is 5.95. The van der Waals surface area contributed by atoms with Gasteiger partial charge in [0.15, 0.2) is 0 Å². The molecule has 0 unspecified atom stereocenters. The Morgan fingerprint density at radius 1 is 1.29 bits per heavy atom. The first-order valence-electron chi connectivity index (χ1n) is 4.36. The van der Waals surface area contributed by atoms with Gasteiger partial charge in [0.25, 0.3) is 5.92 Å². The van der Waals surface area contributed by atoms with E-state index in [1.165, 1.54) is 19.1 Å². The monoisotopic (exact) mass is 198 g/mol. The maximum absolute atomic E-state index is 13.3. The predicted molar refractivity (Wildman–Crippen MR) is 50.4 cm³/mol. The van der Waals surface area contributed by atoms with Crippen molar-refractivity contribution in [3.05, 3.63) is 35.4 Å². The van der Waals surface area contributed by atoms with Crippen molar-refractivity contribution < 1.29 is 13.6 Å². The van der Waals surface area contributed by atoms with E-state index < -0.39 is 18.1 Å². The summed E-state index contributed by atoms with van der Waals surface area (Å²) in [5, 5.41) is 0. The highest BCUT2D eigenvalue weighted by Gasteiger charge is 2.32. The Balaban J connectivity index is 2.91. The van der Waals surface area contributed by atoms with Crippen LogP contribution in [0.15, 0.2) is 24.3 Å². The first kappa shape index (κ1) is 10.8. The number of halogens is 2. The van der Waals surface area contributed by atoms with Crippen LogP contribution in [0.3, 0.4) is 0 Å². The Kier molecular flexibility index (Phi) is 2.99. The summed E-state index contributed by atoms with van der Waals surface area (Å²) in [7, 11) is 0. The molecule has 1 aromatic rings. The largest absolute Gasteiger partial charge is 0.300 e. The average Bonchev–Trinajstić information content (AvgIpc) is 2.02. The Morgan fingerprint density at radius 2 is 1.79 bits per heavy atom. The third-order valence-corrected chi connectivity index (χ3v) is 1.94. The van der Waals surface area contributed by atoms with Gasteiger partial charge < -0.3 is 0 Å². The van der Waals surface area contributed by atoms with E-state index in [9.17, 15) is 13.6 Å². The van der Waals surface area contributed by atoms with Gasteiger partial charge in [-0.15, -0.1) is 0 Å². The number of Topliss-reactive ketones (excluding diaryl/α,β-unsaturated/α-hetero) is 1. The maximum atomic E-state index is 13.3. The van der Waals surface area contributed by atoms with Crippen molar-refractivity contribution in [3.63, 3.8) is 0 Å². The fourth-order valence-corrected chi connectivity index (χ4v) is 1.21. The molecule has 0 aromatic heterocycles. The van der Waals surface area contributed by atoms with Gasteiger partial charge in [-0.2, -0.15) is 0 Å².